The maximum absolute atomic E-state index is 12.4. The molecule has 25 heavy (non-hydrogen) atoms. The first-order valence-corrected chi connectivity index (χ1v) is 11.8. The van der Waals surface area contributed by atoms with E-state index in [1.54, 1.807) is 16.1 Å². The first-order chi connectivity index (χ1) is 11.8. The minimum atomic E-state index is -3.25. The zero-order valence-corrected chi connectivity index (χ0v) is 17.8. The van der Waals surface area contributed by atoms with Crippen LogP contribution in [0.15, 0.2) is 4.99 Å². The van der Waals surface area contributed by atoms with Gasteiger partial charge in [0.1, 0.15) is 0 Å². The molecule has 1 unspecified atom stereocenters. The van der Waals surface area contributed by atoms with Crippen LogP contribution < -0.4 is 5.32 Å². The van der Waals surface area contributed by atoms with Crippen molar-refractivity contribution in [3.63, 3.8) is 0 Å². The molecule has 0 aromatic carbocycles. The van der Waals surface area contributed by atoms with E-state index < -0.39 is 10.0 Å². The van der Waals surface area contributed by atoms with E-state index in [0.717, 1.165) is 19.0 Å². The Hall–Kier alpha value is -0.510. The van der Waals surface area contributed by atoms with Crippen molar-refractivity contribution in [3.8, 4) is 0 Å². The van der Waals surface area contributed by atoms with E-state index in [4.69, 9.17) is 4.74 Å². The molecule has 0 spiro atoms. The molecule has 148 valence electrons. The molecule has 9 heteroatoms. The predicted molar refractivity (Wildman–Crippen MR) is 107 cm³/mol. The summed E-state index contributed by atoms with van der Waals surface area (Å²) in [4.78, 5) is 6.83. The van der Waals surface area contributed by atoms with Gasteiger partial charge in [0.15, 0.2) is 5.96 Å². The number of piperazine rings is 1. The van der Waals surface area contributed by atoms with Gasteiger partial charge in [0.2, 0.25) is 10.0 Å². The average molecular weight is 395 g/mol. The quantitative estimate of drug-likeness (QED) is 0.466. The SMILES string of the molecule is CCNC(=NCC(C)SC)N1CCN(S(=O)(=O)CCOC(C)C)CC1. The van der Waals surface area contributed by atoms with Crippen molar-refractivity contribution in [3.05, 3.63) is 0 Å². The summed E-state index contributed by atoms with van der Waals surface area (Å²) in [6, 6.07) is 0. The van der Waals surface area contributed by atoms with Crippen LogP contribution in [0.5, 0.6) is 0 Å². The van der Waals surface area contributed by atoms with Crippen molar-refractivity contribution < 1.29 is 13.2 Å². The Morgan fingerprint density at radius 3 is 2.40 bits per heavy atom. The summed E-state index contributed by atoms with van der Waals surface area (Å²) >= 11 is 1.79. The van der Waals surface area contributed by atoms with Crippen molar-refractivity contribution in [2.24, 2.45) is 4.99 Å². The lowest BCUT2D eigenvalue weighted by Crippen LogP contribution is -2.54. The summed E-state index contributed by atoms with van der Waals surface area (Å²) < 4.78 is 31.8. The number of nitrogens with zero attached hydrogens (tertiary/aromatic N) is 3. The molecule has 1 aliphatic rings. The molecule has 7 nitrogen and oxygen atoms in total. The molecule has 1 fully saturated rings. The monoisotopic (exact) mass is 394 g/mol. The van der Waals surface area contributed by atoms with Gasteiger partial charge in [0.25, 0.3) is 0 Å². The highest BCUT2D eigenvalue weighted by molar-refractivity contribution is 7.99. The molecule has 1 saturated heterocycles. The molecule has 1 rings (SSSR count). The molecule has 0 aromatic rings. The van der Waals surface area contributed by atoms with E-state index in [-0.39, 0.29) is 18.5 Å². The van der Waals surface area contributed by atoms with Crippen LogP contribution in [0.25, 0.3) is 0 Å². The van der Waals surface area contributed by atoms with E-state index in [0.29, 0.717) is 31.4 Å². The summed E-state index contributed by atoms with van der Waals surface area (Å²) in [6.45, 7) is 12.1. The van der Waals surface area contributed by atoms with E-state index in [1.807, 2.05) is 20.8 Å². The standard InChI is InChI=1S/C16H34N4O3S2/c1-6-17-16(18-13-15(4)24-5)19-7-9-20(10-8-19)25(21,22)12-11-23-14(2)3/h14-15H,6-13H2,1-5H3,(H,17,18). The van der Waals surface area contributed by atoms with Crippen molar-refractivity contribution in [2.75, 3.05) is 57.9 Å². The normalized spacial score (nSPS) is 18.6. The highest BCUT2D eigenvalue weighted by atomic mass is 32.2. The second-order valence-corrected chi connectivity index (χ2v) is 9.73. The maximum atomic E-state index is 12.4. The smallest absolute Gasteiger partial charge is 0.216 e. The summed E-state index contributed by atoms with van der Waals surface area (Å²) in [5, 5.41) is 3.78. The summed E-state index contributed by atoms with van der Waals surface area (Å²) in [7, 11) is -3.25. The molecule has 0 aromatic heterocycles. The second kappa shape index (κ2) is 11.3. The van der Waals surface area contributed by atoms with Crippen LogP contribution in [0.1, 0.15) is 27.7 Å². The van der Waals surface area contributed by atoms with Crippen LogP contribution >= 0.6 is 11.8 Å². The van der Waals surface area contributed by atoms with Gasteiger partial charge in [-0.2, -0.15) is 16.1 Å². The molecule has 0 radical (unpaired) electrons. The van der Waals surface area contributed by atoms with Crippen LogP contribution in [-0.2, 0) is 14.8 Å². The van der Waals surface area contributed by atoms with Crippen LogP contribution in [-0.4, -0.2) is 92.8 Å². The fraction of sp³-hybridized carbons (Fsp3) is 0.938. The number of hydrogen-bond donors (Lipinski definition) is 1. The first kappa shape index (κ1) is 22.5. The number of guanidine groups is 1. The van der Waals surface area contributed by atoms with Crippen molar-refractivity contribution in [2.45, 2.75) is 39.0 Å². The van der Waals surface area contributed by atoms with Gasteiger partial charge in [-0.25, -0.2) is 8.42 Å². The topological polar surface area (TPSA) is 74.2 Å². The number of aliphatic imine (C=N–C) groups is 1. The van der Waals surface area contributed by atoms with Crippen molar-refractivity contribution >= 4 is 27.7 Å². The van der Waals surface area contributed by atoms with Crippen molar-refractivity contribution in [1.29, 1.82) is 0 Å². The Morgan fingerprint density at radius 1 is 1.24 bits per heavy atom. The minimum absolute atomic E-state index is 0.0462. The predicted octanol–water partition coefficient (Wildman–Crippen LogP) is 1.08. The first-order valence-electron chi connectivity index (χ1n) is 8.95. The van der Waals surface area contributed by atoms with Gasteiger partial charge in [-0.1, -0.05) is 6.92 Å². The minimum Gasteiger partial charge on any atom is -0.378 e. The largest absolute Gasteiger partial charge is 0.378 e. The van der Waals surface area contributed by atoms with Crippen LogP contribution in [0.3, 0.4) is 0 Å². The summed E-state index contributed by atoms with van der Waals surface area (Å²) in [6.07, 6.45) is 2.13. The van der Waals surface area contributed by atoms with Crippen molar-refractivity contribution in [1.82, 2.24) is 14.5 Å². The number of thioether (sulfide) groups is 1. The third-order valence-corrected chi connectivity index (χ3v) is 6.75. The Labute approximate surface area is 157 Å². The number of rotatable bonds is 9. The Kier molecular flexibility index (Phi) is 10.1. The fourth-order valence-corrected chi connectivity index (χ4v) is 3.92. The van der Waals surface area contributed by atoms with Crippen LogP contribution in [0.2, 0.25) is 0 Å². The van der Waals surface area contributed by atoms with E-state index in [1.165, 1.54) is 0 Å². The van der Waals surface area contributed by atoms with Gasteiger partial charge in [-0.15, -0.1) is 0 Å². The van der Waals surface area contributed by atoms with E-state index in [9.17, 15) is 8.42 Å². The second-order valence-electron chi connectivity index (χ2n) is 6.36. The maximum Gasteiger partial charge on any atom is 0.216 e. The van der Waals surface area contributed by atoms with Gasteiger partial charge in [-0.3, -0.25) is 4.99 Å². The third kappa shape index (κ3) is 8.15. The molecule has 0 amide bonds. The Morgan fingerprint density at radius 2 is 1.88 bits per heavy atom. The van der Waals surface area contributed by atoms with E-state index >= 15 is 0 Å². The molecule has 1 aliphatic heterocycles. The molecule has 1 atom stereocenters. The lowest BCUT2D eigenvalue weighted by atomic mass is 10.4. The highest BCUT2D eigenvalue weighted by Crippen LogP contribution is 2.10. The zero-order valence-electron chi connectivity index (χ0n) is 16.2. The van der Waals surface area contributed by atoms with Gasteiger partial charge < -0.3 is 15.0 Å². The number of nitrogens with one attached hydrogen (secondary N) is 1. The zero-order chi connectivity index (χ0) is 18.9. The molecule has 1 N–H and O–H groups in total. The summed E-state index contributed by atoms with van der Waals surface area (Å²) in [5.41, 5.74) is 0. The van der Waals surface area contributed by atoms with Crippen LogP contribution in [0.4, 0.5) is 0 Å². The number of hydrogen-bond acceptors (Lipinski definition) is 5. The van der Waals surface area contributed by atoms with Gasteiger partial charge >= 0.3 is 0 Å². The molecule has 0 saturated carbocycles. The lowest BCUT2D eigenvalue weighted by Gasteiger charge is -2.36. The molecule has 1 heterocycles. The molecular weight excluding hydrogens is 360 g/mol. The molecule has 0 bridgehead atoms. The number of sulfonamides is 1. The van der Waals surface area contributed by atoms with E-state index in [2.05, 4.69) is 28.4 Å². The average Bonchev–Trinajstić information content (AvgIpc) is 2.57. The fourth-order valence-electron chi connectivity index (χ4n) is 2.41. The molecular formula is C16H34N4O3S2. The highest BCUT2D eigenvalue weighted by Gasteiger charge is 2.28. The van der Waals surface area contributed by atoms with Gasteiger partial charge in [-0.05, 0) is 27.0 Å². The van der Waals surface area contributed by atoms with Gasteiger partial charge in [0, 0.05) is 38.0 Å². The van der Waals surface area contributed by atoms with Crippen LogP contribution in [0, 0.1) is 0 Å². The third-order valence-electron chi connectivity index (χ3n) is 3.96. The van der Waals surface area contributed by atoms with Gasteiger partial charge in [0.05, 0.1) is 25.0 Å². The lowest BCUT2D eigenvalue weighted by molar-refractivity contribution is 0.0904. The Bertz CT molecular complexity index is 504. The number of ether oxygens (including phenoxy) is 1. The summed E-state index contributed by atoms with van der Waals surface area (Å²) in [5.74, 6) is 0.925. The molecule has 0 aliphatic carbocycles. The Balaban J connectivity index is 2.57.